The van der Waals surface area contributed by atoms with E-state index in [4.69, 9.17) is 17.3 Å². The minimum atomic E-state index is -0.639. The first kappa shape index (κ1) is 23.0. The first-order valence-electron chi connectivity index (χ1n) is 8.60. The first-order valence-corrected chi connectivity index (χ1v) is 8.98. The summed E-state index contributed by atoms with van der Waals surface area (Å²) < 4.78 is 0. The Hall–Kier alpha value is -2.08. The van der Waals surface area contributed by atoms with Crippen LogP contribution in [0.3, 0.4) is 0 Å². The highest BCUT2D eigenvalue weighted by molar-refractivity contribution is 6.30. The summed E-state index contributed by atoms with van der Waals surface area (Å²) in [4.78, 5) is 26.9. The number of carbonyl (C=O) groups excluding carboxylic acids is 2. The van der Waals surface area contributed by atoms with Crippen LogP contribution in [0, 0.1) is 0 Å². The minimum absolute atomic E-state index is 0. The number of rotatable bonds is 8. The van der Waals surface area contributed by atoms with Gasteiger partial charge in [0.05, 0.1) is 0 Å². The van der Waals surface area contributed by atoms with Crippen molar-refractivity contribution < 1.29 is 9.59 Å². The summed E-state index contributed by atoms with van der Waals surface area (Å²) in [5.74, 6) is -0.439. The molecule has 0 spiro atoms. The molecule has 2 aromatic carbocycles. The molecule has 27 heavy (non-hydrogen) atoms. The Labute approximate surface area is 171 Å². The molecule has 0 aliphatic rings. The van der Waals surface area contributed by atoms with Crippen molar-refractivity contribution in [2.24, 2.45) is 5.73 Å². The van der Waals surface area contributed by atoms with Crippen LogP contribution in [0.25, 0.3) is 0 Å². The lowest BCUT2D eigenvalue weighted by Gasteiger charge is -2.26. The molecule has 0 saturated carbocycles. The van der Waals surface area contributed by atoms with Crippen LogP contribution in [0.15, 0.2) is 54.6 Å². The van der Waals surface area contributed by atoms with Crippen molar-refractivity contribution >= 4 is 35.8 Å². The maximum Gasteiger partial charge on any atom is 0.251 e. The third kappa shape index (κ3) is 7.21. The summed E-state index contributed by atoms with van der Waals surface area (Å²) in [6.45, 7) is 3.23. The molecule has 0 radical (unpaired) electrons. The molecule has 2 amide bonds. The van der Waals surface area contributed by atoms with Gasteiger partial charge in [0.2, 0.25) is 5.91 Å². The summed E-state index contributed by atoms with van der Waals surface area (Å²) in [5.41, 5.74) is 7.10. The third-order valence-electron chi connectivity index (χ3n) is 3.98. The Bertz CT molecular complexity index is 724. The van der Waals surface area contributed by atoms with E-state index in [-0.39, 0.29) is 24.2 Å². The van der Waals surface area contributed by atoms with Crippen molar-refractivity contribution in [1.29, 1.82) is 0 Å². The number of amides is 2. The van der Waals surface area contributed by atoms with Crippen molar-refractivity contribution in [2.75, 3.05) is 13.1 Å². The molecule has 0 bridgehead atoms. The quantitative estimate of drug-likeness (QED) is 0.702. The Morgan fingerprint density at radius 2 is 1.74 bits per heavy atom. The van der Waals surface area contributed by atoms with Gasteiger partial charge in [0.1, 0.15) is 6.04 Å². The topological polar surface area (TPSA) is 75.4 Å². The van der Waals surface area contributed by atoms with Crippen LogP contribution < -0.4 is 11.1 Å². The van der Waals surface area contributed by atoms with Crippen molar-refractivity contribution in [3.05, 3.63) is 70.7 Å². The van der Waals surface area contributed by atoms with Crippen LogP contribution in [-0.2, 0) is 11.3 Å². The standard InChI is InChI=1S/C20H24ClN3O2.ClH/c1-15(23-19(25)17-8-10-18(21)11-9-17)20(26)24(13-5-12-22)14-16-6-3-2-4-7-16;/h2-4,6-11,15H,5,12-14,22H2,1H3,(H,23,25);1H. The molecule has 1 atom stereocenters. The zero-order valence-corrected chi connectivity index (χ0v) is 16.8. The van der Waals surface area contributed by atoms with E-state index in [1.165, 1.54) is 0 Å². The van der Waals surface area contributed by atoms with Gasteiger partial charge >= 0.3 is 0 Å². The molecule has 0 aromatic heterocycles. The Balaban J connectivity index is 0.00000364. The van der Waals surface area contributed by atoms with E-state index in [0.29, 0.717) is 36.6 Å². The predicted molar refractivity (Wildman–Crippen MR) is 111 cm³/mol. The molecule has 7 heteroatoms. The van der Waals surface area contributed by atoms with E-state index in [1.54, 1.807) is 36.1 Å². The molecule has 5 nitrogen and oxygen atoms in total. The fourth-order valence-corrected chi connectivity index (χ4v) is 2.70. The number of halogens is 2. The summed E-state index contributed by atoms with van der Waals surface area (Å²) in [5, 5.41) is 3.31. The van der Waals surface area contributed by atoms with Gasteiger partial charge in [-0.1, -0.05) is 41.9 Å². The van der Waals surface area contributed by atoms with Gasteiger partial charge in [-0.3, -0.25) is 9.59 Å². The Kier molecular flexibility index (Phi) is 9.86. The van der Waals surface area contributed by atoms with Crippen molar-refractivity contribution in [3.63, 3.8) is 0 Å². The van der Waals surface area contributed by atoms with E-state index in [0.717, 1.165) is 5.56 Å². The highest BCUT2D eigenvalue weighted by Crippen LogP contribution is 2.11. The molecule has 0 saturated heterocycles. The Morgan fingerprint density at radius 1 is 1.11 bits per heavy atom. The monoisotopic (exact) mass is 409 g/mol. The molecule has 3 N–H and O–H groups in total. The van der Waals surface area contributed by atoms with Crippen molar-refractivity contribution in [1.82, 2.24) is 10.2 Å². The highest BCUT2D eigenvalue weighted by atomic mass is 35.5. The van der Waals surface area contributed by atoms with E-state index >= 15 is 0 Å². The average Bonchev–Trinajstić information content (AvgIpc) is 2.65. The molecule has 1 unspecified atom stereocenters. The largest absolute Gasteiger partial charge is 0.341 e. The van der Waals surface area contributed by atoms with E-state index in [1.807, 2.05) is 30.3 Å². The van der Waals surface area contributed by atoms with Crippen molar-refractivity contribution in [2.45, 2.75) is 25.9 Å². The maximum atomic E-state index is 12.8. The van der Waals surface area contributed by atoms with Gasteiger partial charge < -0.3 is 16.0 Å². The van der Waals surface area contributed by atoms with Gasteiger partial charge in [-0.15, -0.1) is 12.4 Å². The molecular weight excluding hydrogens is 385 g/mol. The van der Waals surface area contributed by atoms with Crippen LogP contribution in [-0.4, -0.2) is 35.8 Å². The fourth-order valence-electron chi connectivity index (χ4n) is 2.57. The number of carbonyl (C=O) groups is 2. The molecule has 0 aliphatic heterocycles. The summed E-state index contributed by atoms with van der Waals surface area (Å²) in [6.07, 6.45) is 0.705. The number of hydrogen-bond donors (Lipinski definition) is 2. The SMILES string of the molecule is CC(NC(=O)c1ccc(Cl)cc1)C(=O)N(CCCN)Cc1ccccc1.Cl. The lowest BCUT2D eigenvalue weighted by molar-refractivity contribution is -0.133. The molecule has 0 heterocycles. The number of benzene rings is 2. The van der Waals surface area contributed by atoms with Crippen LogP contribution in [0.4, 0.5) is 0 Å². The number of hydrogen-bond acceptors (Lipinski definition) is 3. The van der Waals surface area contributed by atoms with Crippen LogP contribution in [0.1, 0.15) is 29.3 Å². The maximum absolute atomic E-state index is 12.8. The third-order valence-corrected chi connectivity index (χ3v) is 4.24. The predicted octanol–water partition coefficient (Wildman–Crippen LogP) is 3.26. The second kappa shape index (κ2) is 11.6. The summed E-state index contributed by atoms with van der Waals surface area (Å²) in [7, 11) is 0. The average molecular weight is 410 g/mol. The molecule has 0 aliphatic carbocycles. The summed E-state index contributed by atoms with van der Waals surface area (Å²) >= 11 is 5.84. The molecule has 2 rings (SSSR count). The van der Waals surface area contributed by atoms with Crippen LogP contribution in [0.5, 0.6) is 0 Å². The molecule has 2 aromatic rings. The zero-order chi connectivity index (χ0) is 18.9. The molecule has 0 fully saturated rings. The lowest BCUT2D eigenvalue weighted by Crippen LogP contribution is -2.47. The smallest absolute Gasteiger partial charge is 0.251 e. The van der Waals surface area contributed by atoms with Gasteiger partial charge in [-0.05, 0) is 49.7 Å². The number of nitrogens with zero attached hydrogens (tertiary/aromatic N) is 1. The van der Waals surface area contributed by atoms with Crippen LogP contribution >= 0.6 is 24.0 Å². The molecule has 146 valence electrons. The Morgan fingerprint density at radius 3 is 2.33 bits per heavy atom. The highest BCUT2D eigenvalue weighted by Gasteiger charge is 2.22. The summed E-state index contributed by atoms with van der Waals surface area (Å²) in [6, 6.07) is 15.7. The van der Waals surface area contributed by atoms with E-state index in [9.17, 15) is 9.59 Å². The van der Waals surface area contributed by atoms with Crippen molar-refractivity contribution in [3.8, 4) is 0 Å². The van der Waals surface area contributed by atoms with E-state index in [2.05, 4.69) is 5.32 Å². The molecular formula is C20H25Cl2N3O2. The number of nitrogens with one attached hydrogen (secondary N) is 1. The van der Waals surface area contributed by atoms with E-state index < -0.39 is 6.04 Å². The normalized spacial score (nSPS) is 11.2. The first-order chi connectivity index (χ1) is 12.5. The van der Waals surface area contributed by atoms with Gasteiger partial charge in [-0.2, -0.15) is 0 Å². The second-order valence-electron chi connectivity index (χ2n) is 6.09. The fraction of sp³-hybridized carbons (Fsp3) is 0.300. The van der Waals surface area contributed by atoms with Crippen LogP contribution in [0.2, 0.25) is 5.02 Å². The zero-order valence-electron chi connectivity index (χ0n) is 15.2. The number of nitrogens with two attached hydrogens (primary N) is 1. The second-order valence-corrected chi connectivity index (χ2v) is 6.53. The lowest BCUT2D eigenvalue weighted by atomic mass is 10.1. The van der Waals surface area contributed by atoms with Gasteiger partial charge in [0.25, 0.3) is 5.91 Å². The van der Waals surface area contributed by atoms with Gasteiger partial charge in [0.15, 0.2) is 0 Å². The van der Waals surface area contributed by atoms with Gasteiger partial charge in [-0.25, -0.2) is 0 Å². The minimum Gasteiger partial charge on any atom is -0.341 e. The van der Waals surface area contributed by atoms with Gasteiger partial charge in [0, 0.05) is 23.7 Å².